The zero-order chi connectivity index (χ0) is 12.1. The molecule has 0 atom stereocenters. The van der Waals surface area contributed by atoms with Gasteiger partial charge < -0.3 is 15.2 Å². The molecule has 2 rings (SSSR count). The van der Waals surface area contributed by atoms with Crippen molar-refractivity contribution in [2.45, 2.75) is 18.4 Å². The molecule has 0 aliphatic carbocycles. The lowest BCUT2D eigenvalue weighted by Crippen LogP contribution is -2.40. The highest BCUT2D eigenvalue weighted by Crippen LogP contribution is 2.16. The van der Waals surface area contributed by atoms with E-state index >= 15 is 0 Å². The summed E-state index contributed by atoms with van der Waals surface area (Å²) < 4.78 is 4.97. The normalized spacial score (nSPS) is 17.0. The molecule has 18 heavy (non-hydrogen) atoms. The van der Waals surface area contributed by atoms with Crippen LogP contribution in [-0.2, 0) is 0 Å². The van der Waals surface area contributed by atoms with Crippen LogP contribution in [0.15, 0.2) is 18.3 Å². The first-order valence-corrected chi connectivity index (χ1v) is 5.68. The van der Waals surface area contributed by atoms with Gasteiger partial charge in [-0.1, -0.05) is 11.8 Å². The molecule has 0 radical (unpaired) electrons. The van der Waals surface area contributed by atoms with E-state index in [2.05, 4.69) is 22.1 Å². The maximum atomic E-state index is 10.2. The van der Waals surface area contributed by atoms with Gasteiger partial charge in [0.05, 0.1) is 7.11 Å². The molecule has 0 amide bonds. The van der Waals surface area contributed by atoms with E-state index in [4.69, 9.17) is 4.74 Å². The lowest BCUT2D eigenvalue weighted by Gasteiger charge is -2.27. The molecule has 0 saturated carbocycles. The lowest BCUT2D eigenvalue weighted by atomic mass is 9.93. The smallest absolute Gasteiger partial charge is 0.212 e. The Morgan fingerprint density at radius 3 is 2.67 bits per heavy atom. The van der Waals surface area contributed by atoms with Gasteiger partial charge in [-0.15, -0.1) is 12.4 Å². The first kappa shape index (κ1) is 14.8. The Labute approximate surface area is 113 Å². The van der Waals surface area contributed by atoms with E-state index in [9.17, 15) is 5.11 Å². The highest BCUT2D eigenvalue weighted by Gasteiger charge is 2.26. The van der Waals surface area contributed by atoms with E-state index in [1.807, 2.05) is 6.07 Å². The van der Waals surface area contributed by atoms with Gasteiger partial charge in [-0.3, -0.25) is 0 Å². The topological polar surface area (TPSA) is 54.4 Å². The highest BCUT2D eigenvalue weighted by atomic mass is 35.5. The van der Waals surface area contributed by atoms with Gasteiger partial charge in [0.15, 0.2) is 0 Å². The van der Waals surface area contributed by atoms with Crippen LogP contribution in [-0.4, -0.2) is 35.9 Å². The Kier molecular flexibility index (Phi) is 5.42. The highest BCUT2D eigenvalue weighted by molar-refractivity contribution is 5.85. The molecular weight excluding hydrogens is 252 g/mol. The number of nitrogens with zero attached hydrogens (tertiary/aromatic N) is 1. The Balaban J connectivity index is 0.00000162. The van der Waals surface area contributed by atoms with E-state index in [0.717, 1.165) is 18.7 Å². The van der Waals surface area contributed by atoms with Crippen molar-refractivity contribution < 1.29 is 9.84 Å². The fourth-order valence-corrected chi connectivity index (χ4v) is 1.73. The molecule has 0 unspecified atom stereocenters. The first-order chi connectivity index (χ1) is 8.22. The van der Waals surface area contributed by atoms with E-state index in [1.54, 1.807) is 19.4 Å². The van der Waals surface area contributed by atoms with Gasteiger partial charge in [0.1, 0.15) is 5.60 Å². The number of ether oxygens (including phenoxy) is 1. The van der Waals surface area contributed by atoms with Crippen LogP contribution in [0.2, 0.25) is 0 Å². The number of rotatable bonds is 1. The molecule has 1 aliphatic heterocycles. The first-order valence-electron chi connectivity index (χ1n) is 5.68. The van der Waals surface area contributed by atoms with Crippen molar-refractivity contribution in [2.24, 2.45) is 0 Å². The molecule has 1 aliphatic rings. The molecule has 4 nitrogen and oxygen atoms in total. The molecular formula is C13H17ClN2O2. The van der Waals surface area contributed by atoms with Crippen molar-refractivity contribution in [3.8, 4) is 17.7 Å². The van der Waals surface area contributed by atoms with Gasteiger partial charge in [-0.2, -0.15) is 0 Å². The third kappa shape index (κ3) is 3.88. The molecule has 1 aromatic rings. The number of piperidine rings is 1. The van der Waals surface area contributed by atoms with Crippen molar-refractivity contribution in [3.05, 3.63) is 23.9 Å². The van der Waals surface area contributed by atoms with Gasteiger partial charge in [-0.05, 0) is 32.0 Å². The van der Waals surface area contributed by atoms with Gasteiger partial charge in [-0.25, -0.2) is 4.98 Å². The molecule has 2 N–H and O–H groups in total. The van der Waals surface area contributed by atoms with Crippen molar-refractivity contribution >= 4 is 12.4 Å². The summed E-state index contributed by atoms with van der Waals surface area (Å²) in [6, 6.07) is 3.60. The van der Waals surface area contributed by atoms with Gasteiger partial charge in [0, 0.05) is 17.8 Å². The zero-order valence-corrected chi connectivity index (χ0v) is 11.1. The second-order valence-corrected chi connectivity index (χ2v) is 4.12. The Morgan fingerprint density at radius 1 is 1.39 bits per heavy atom. The number of hydrogen-bond donors (Lipinski definition) is 2. The van der Waals surface area contributed by atoms with Crippen LogP contribution in [0.4, 0.5) is 0 Å². The molecule has 1 fully saturated rings. The van der Waals surface area contributed by atoms with Crippen LogP contribution >= 0.6 is 12.4 Å². The summed E-state index contributed by atoms with van der Waals surface area (Å²) in [6.07, 6.45) is 2.99. The summed E-state index contributed by atoms with van der Waals surface area (Å²) in [5, 5.41) is 13.4. The van der Waals surface area contributed by atoms with Crippen LogP contribution in [0.25, 0.3) is 0 Å². The minimum Gasteiger partial charge on any atom is -0.481 e. The second kappa shape index (κ2) is 6.60. The largest absolute Gasteiger partial charge is 0.481 e. The molecule has 0 aromatic carbocycles. The summed E-state index contributed by atoms with van der Waals surface area (Å²) >= 11 is 0. The van der Waals surface area contributed by atoms with Crippen molar-refractivity contribution in [2.75, 3.05) is 20.2 Å². The van der Waals surface area contributed by atoms with Crippen LogP contribution in [0.1, 0.15) is 18.4 Å². The molecule has 1 aromatic heterocycles. The molecule has 5 heteroatoms. The number of pyridine rings is 1. The predicted molar refractivity (Wildman–Crippen MR) is 72.0 cm³/mol. The summed E-state index contributed by atoms with van der Waals surface area (Å²) in [4.78, 5) is 4.06. The fourth-order valence-electron chi connectivity index (χ4n) is 1.73. The van der Waals surface area contributed by atoms with Gasteiger partial charge in [0.2, 0.25) is 5.88 Å². The third-order valence-corrected chi connectivity index (χ3v) is 2.82. The molecule has 1 saturated heterocycles. The van der Waals surface area contributed by atoms with Crippen LogP contribution < -0.4 is 10.1 Å². The monoisotopic (exact) mass is 268 g/mol. The van der Waals surface area contributed by atoms with Crippen molar-refractivity contribution in [3.63, 3.8) is 0 Å². The maximum Gasteiger partial charge on any atom is 0.212 e. The average Bonchev–Trinajstić information content (AvgIpc) is 2.38. The number of hydrogen-bond acceptors (Lipinski definition) is 4. The minimum atomic E-state index is -0.856. The third-order valence-electron chi connectivity index (χ3n) is 2.82. The van der Waals surface area contributed by atoms with E-state index < -0.39 is 5.60 Å². The number of aromatic nitrogens is 1. The molecule has 0 bridgehead atoms. The lowest BCUT2D eigenvalue weighted by molar-refractivity contribution is 0.0679. The van der Waals surface area contributed by atoms with Gasteiger partial charge in [0.25, 0.3) is 0 Å². The molecule has 2 heterocycles. The number of nitrogens with one attached hydrogen (secondary N) is 1. The number of halogens is 1. The van der Waals surface area contributed by atoms with Crippen molar-refractivity contribution in [1.29, 1.82) is 0 Å². The quantitative estimate of drug-likeness (QED) is 0.746. The second-order valence-electron chi connectivity index (χ2n) is 4.12. The van der Waals surface area contributed by atoms with E-state index in [0.29, 0.717) is 18.7 Å². The van der Waals surface area contributed by atoms with E-state index in [1.165, 1.54) is 0 Å². The molecule has 0 spiro atoms. The average molecular weight is 269 g/mol. The Hall–Kier alpha value is -1.28. The van der Waals surface area contributed by atoms with Crippen LogP contribution in [0.3, 0.4) is 0 Å². The summed E-state index contributed by atoms with van der Waals surface area (Å²) in [6.45, 7) is 1.62. The van der Waals surface area contributed by atoms with E-state index in [-0.39, 0.29) is 12.4 Å². The van der Waals surface area contributed by atoms with Crippen LogP contribution in [0, 0.1) is 11.8 Å². The van der Waals surface area contributed by atoms with Crippen molar-refractivity contribution in [1.82, 2.24) is 10.3 Å². The summed E-state index contributed by atoms with van der Waals surface area (Å²) in [7, 11) is 1.57. The summed E-state index contributed by atoms with van der Waals surface area (Å²) in [5.41, 5.74) is -0.0664. The standard InChI is InChI=1S/C13H16N2O2.ClH/c1-17-12-3-2-11(10-15-12)4-5-13(16)6-8-14-9-7-13;/h2-3,10,14,16H,6-9H2,1H3;1H. The minimum absolute atomic E-state index is 0. The number of aliphatic hydroxyl groups is 1. The Bertz CT molecular complexity index is 431. The summed E-state index contributed by atoms with van der Waals surface area (Å²) in [5.74, 6) is 6.46. The number of methoxy groups -OCH3 is 1. The van der Waals surface area contributed by atoms with Gasteiger partial charge >= 0.3 is 0 Å². The van der Waals surface area contributed by atoms with Crippen LogP contribution in [0.5, 0.6) is 5.88 Å². The SMILES string of the molecule is COc1ccc(C#CC2(O)CCNCC2)cn1.Cl. The predicted octanol–water partition coefficient (Wildman–Crippen LogP) is 0.978. The molecule has 98 valence electrons. The zero-order valence-electron chi connectivity index (χ0n) is 10.3. The Morgan fingerprint density at radius 2 is 2.11 bits per heavy atom. The maximum absolute atomic E-state index is 10.2. The fraction of sp³-hybridized carbons (Fsp3) is 0.462.